The van der Waals surface area contributed by atoms with E-state index in [0.717, 1.165) is 58.3 Å². The van der Waals surface area contributed by atoms with Crippen molar-refractivity contribution in [3.8, 4) is 0 Å². The summed E-state index contributed by atoms with van der Waals surface area (Å²) >= 11 is 0. The van der Waals surface area contributed by atoms with Gasteiger partial charge in [-0.15, -0.1) is 24.0 Å². The van der Waals surface area contributed by atoms with Gasteiger partial charge in [-0.3, -0.25) is 9.89 Å². The van der Waals surface area contributed by atoms with Crippen molar-refractivity contribution in [2.75, 3.05) is 53.0 Å². The van der Waals surface area contributed by atoms with Crippen LogP contribution in [-0.4, -0.2) is 76.1 Å². The highest BCUT2D eigenvalue weighted by Crippen LogP contribution is 2.22. The Hall–Kier alpha value is -0.120. The van der Waals surface area contributed by atoms with E-state index < -0.39 is 0 Å². The number of morpholine rings is 1. The first-order chi connectivity index (χ1) is 10.8. The van der Waals surface area contributed by atoms with E-state index in [0.29, 0.717) is 6.04 Å². The summed E-state index contributed by atoms with van der Waals surface area (Å²) in [6.45, 7) is 8.58. The highest BCUT2D eigenvalue weighted by atomic mass is 127. The molecule has 0 aromatic rings. The first-order valence-electron chi connectivity index (χ1n) is 8.71. The van der Waals surface area contributed by atoms with E-state index in [2.05, 4.69) is 20.5 Å². The lowest BCUT2D eigenvalue weighted by Gasteiger charge is -2.35. The summed E-state index contributed by atoms with van der Waals surface area (Å²) in [6, 6.07) is 0.666. The van der Waals surface area contributed by atoms with Crippen LogP contribution in [0.4, 0.5) is 0 Å². The van der Waals surface area contributed by atoms with Gasteiger partial charge in [-0.2, -0.15) is 0 Å². The van der Waals surface area contributed by atoms with Crippen LogP contribution in [0.5, 0.6) is 0 Å². The summed E-state index contributed by atoms with van der Waals surface area (Å²) < 4.78 is 11.3. The lowest BCUT2D eigenvalue weighted by molar-refractivity contribution is -0.0453. The Bertz CT molecular complexity index is 344. The van der Waals surface area contributed by atoms with Crippen LogP contribution < -0.4 is 10.6 Å². The van der Waals surface area contributed by atoms with Gasteiger partial charge in [0, 0.05) is 45.9 Å². The number of hydrogen-bond donors (Lipinski definition) is 2. The van der Waals surface area contributed by atoms with Crippen molar-refractivity contribution < 1.29 is 9.47 Å². The summed E-state index contributed by atoms with van der Waals surface area (Å²) in [5, 5.41) is 6.72. The molecule has 0 bridgehead atoms. The van der Waals surface area contributed by atoms with E-state index in [9.17, 15) is 0 Å². The molecule has 2 fully saturated rings. The number of guanidine groups is 1. The van der Waals surface area contributed by atoms with Gasteiger partial charge in [0.25, 0.3) is 0 Å². The van der Waals surface area contributed by atoms with Crippen molar-refractivity contribution in [1.82, 2.24) is 15.5 Å². The van der Waals surface area contributed by atoms with Crippen LogP contribution in [0.3, 0.4) is 0 Å². The molecule has 0 saturated carbocycles. The van der Waals surface area contributed by atoms with E-state index in [1.54, 1.807) is 0 Å². The summed E-state index contributed by atoms with van der Waals surface area (Å²) in [5.41, 5.74) is 0. The first-order valence-corrected chi connectivity index (χ1v) is 8.71. The number of nitrogens with one attached hydrogen (secondary N) is 2. The van der Waals surface area contributed by atoms with Crippen molar-refractivity contribution in [3.05, 3.63) is 0 Å². The van der Waals surface area contributed by atoms with Gasteiger partial charge in [0.1, 0.15) is 0 Å². The van der Waals surface area contributed by atoms with Crippen LogP contribution in [-0.2, 0) is 9.47 Å². The molecular formula is C16H33IN4O2. The topological polar surface area (TPSA) is 58.1 Å². The minimum absolute atomic E-state index is 0. The standard InChI is InChI=1S/C16H32N4O2.HI/c1-3-21-10-5-4-8-18-16(17-2)19-11-15-12-20-9-6-7-14(20)13-22-15;/h14-15H,3-13H2,1-2H3,(H2,17,18,19);1H. The maximum absolute atomic E-state index is 5.95. The zero-order valence-electron chi connectivity index (χ0n) is 14.6. The Kier molecular flexibility index (Phi) is 11.2. The number of unbranched alkanes of at least 4 members (excludes halogenated alkanes) is 1. The van der Waals surface area contributed by atoms with E-state index in [-0.39, 0.29) is 30.1 Å². The lowest BCUT2D eigenvalue weighted by Crippen LogP contribution is -2.51. The van der Waals surface area contributed by atoms with E-state index in [1.807, 2.05) is 14.0 Å². The van der Waals surface area contributed by atoms with Gasteiger partial charge in [-0.1, -0.05) is 0 Å². The smallest absolute Gasteiger partial charge is 0.191 e. The van der Waals surface area contributed by atoms with Crippen LogP contribution in [0, 0.1) is 0 Å². The van der Waals surface area contributed by atoms with Crippen molar-refractivity contribution in [1.29, 1.82) is 0 Å². The van der Waals surface area contributed by atoms with Gasteiger partial charge < -0.3 is 20.1 Å². The SMILES string of the molecule is CCOCCCCNC(=NC)NCC1CN2CCCC2CO1.I. The molecule has 2 heterocycles. The van der Waals surface area contributed by atoms with Crippen LogP contribution in [0.15, 0.2) is 4.99 Å². The lowest BCUT2D eigenvalue weighted by atomic mass is 10.2. The summed E-state index contributed by atoms with van der Waals surface area (Å²) in [6.07, 6.45) is 5.06. The molecule has 2 unspecified atom stereocenters. The molecule has 0 aromatic carbocycles. The minimum Gasteiger partial charge on any atom is -0.382 e. The minimum atomic E-state index is 0. The van der Waals surface area contributed by atoms with Crippen molar-refractivity contribution >= 4 is 29.9 Å². The largest absolute Gasteiger partial charge is 0.382 e. The van der Waals surface area contributed by atoms with Gasteiger partial charge >= 0.3 is 0 Å². The van der Waals surface area contributed by atoms with Crippen molar-refractivity contribution in [3.63, 3.8) is 0 Å². The molecule has 2 aliphatic rings. The first kappa shape index (κ1) is 20.9. The third-order valence-corrected chi connectivity index (χ3v) is 4.39. The number of hydrogen-bond acceptors (Lipinski definition) is 4. The van der Waals surface area contributed by atoms with Crippen molar-refractivity contribution in [2.24, 2.45) is 4.99 Å². The molecule has 2 aliphatic heterocycles. The fourth-order valence-corrected chi connectivity index (χ4v) is 3.12. The molecule has 136 valence electrons. The maximum atomic E-state index is 5.95. The fourth-order valence-electron chi connectivity index (χ4n) is 3.12. The number of halogens is 1. The molecule has 7 heteroatoms. The average Bonchev–Trinajstić information content (AvgIpc) is 3.01. The second-order valence-electron chi connectivity index (χ2n) is 6.03. The molecule has 2 N–H and O–H groups in total. The van der Waals surface area contributed by atoms with Gasteiger partial charge in [0.2, 0.25) is 0 Å². The van der Waals surface area contributed by atoms with Crippen LogP contribution in [0.1, 0.15) is 32.6 Å². The Morgan fingerprint density at radius 2 is 2.22 bits per heavy atom. The zero-order chi connectivity index (χ0) is 15.6. The second kappa shape index (κ2) is 12.3. The molecule has 0 aromatic heterocycles. The Labute approximate surface area is 157 Å². The van der Waals surface area contributed by atoms with Gasteiger partial charge in [0.15, 0.2) is 5.96 Å². The number of aliphatic imine (C=N–C) groups is 1. The highest BCUT2D eigenvalue weighted by molar-refractivity contribution is 14.0. The van der Waals surface area contributed by atoms with Gasteiger partial charge in [0.05, 0.1) is 12.7 Å². The molecule has 6 nitrogen and oxygen atoms in total. The summed E-state index contributed by atoms with van der Waals surface area (Å²) in [4.78, 5) is 6.84. The number of nitrogens with zero attached hydrogens (tertiary/aromatic N) is 2. The molecule has 23 heavy (non-hydrogen) atoms. The Morgan fingerprint density at radius 3 is 3.00 bits per heavy atom. The molecule has 2 rings (SSSR count). The molecule has 2 saturated heterocycles. The molecular weight excluding hydrogens is 407 g/mol. The average molecular weight is 440 g/mol. The van der Waals surface area contributed by atoms with Gasteiger partial charge in [-0.05, 0) is 39.2 Å². The molecule has 0 radical (unpaired) electrons. The number of ether oxygens (including phenoxy) is 2. The predicted molar refractivity (Wildman–Crippen MR) is 105 cm³/mol. The summed E-state index contributed by atoms with van der Waals surface area (Å²) in [5.74, 6) is 0.864. The highest BCUT2D eigenvalue weighted by Gasteiger charge is 2.31. The van der Waals surface area contributed by atoms with Crippen LogP contribution >= 0.6 is 24.0 Å². The maximum Gasteiger partial charge on any atom is 0.191 e. The molecule has 0 spiro atoms. The summed E-state index contributed by atoms with van der Waals surface area (Å²) in [7, 11) is 1.81. The van der Waals surface area contributed by atoms with Crippen LogP contribution in [0.2, 0.25) is 0 Å². The van der Waals surface area contributed by atoms with E-state index in [4.69, 9.17) is 9.47 Å². The quantitative estimate of drug-likeness (QED) is 0.259. The Balaban J connectivity index is 0.00000264. The van der Waals surface area contributed by atoms with E-state index in [1.165, 1.54) is 19.4 Å². The van der Waals surface area contributed by atoms with Gasteiger partial charge in [-0.25, -0.2) is 0 Å². The monoisotopic (exact) mass is 440 g/mol. The van der Waals surface area contributed by atoms with Crippen molar-refractivity contribution in [2.45, 2.75) is 44.8 Å². The fraction of sp³-hybridized carbons (Fsp3) is 0.938. The molecule has 0 aliphatic carbocycles. The van der Waals surface area contributed by atoms with Crippen LogP contribution in [0.25, 0.3) is 0 Å². The molecule has 2 atom stereocenters. The molecule has 0 amide bonds. The second-order valence-corrected chi connectivity index (χ2v) is 6.03. The number of rotatable bonds is 8. The normalized spacial score (nSPS) is 24.9. The Morgan fingerprint density at radius 1 is 1.35 bits per heavy atom. The number of fused-ring (bicyclic) bond motifs is 1. The van der Waals surface area contributed by atoms with E-state index >= 15 is 0 Å². The zero-order valence-corrected chi connectivity index (χ0v) is 16.9. The third-order valence-electron chi connectivity index (χ3n) is 4.39. The predicted octanol–water partition coefficient (Wildman–Crippen LogP) is 1.45. The third kappa shape index (κ3) is 7.53.